The van der Waals surface area contributed by atoms with Gasteiger partial charge in [-0.15, -0.1) is 0 Å². The van der Waals surface area contributed by atoms with Crippen molar-refractivity contribution in [2.45, 2.75) is 82.7 Å². The second-order valence-corrected chi connectivity index (χ2v) is 7.33. The molecule has 2 atom stereocenters. The van der Waals surface area contributed by atoms with Gasteiger partial charge in [-0.05, 0) is 50.4 Å². The van der Waals surface area contributed by atoms with Crippen molar-refractivity contribution in [2.24, 2.45) is 11.8 Å². The summed E-state index contributed by atoms with van der Waals surface area (Å²) in [5.41, 5.74) is 0. The first-order chi connectivity index (χ1) is 10.1. The minimum absolute atomic E-state index is 0.275. The number of fused-ring (bicyclic) bond motifs is 2. The highest BCUT2D eigenvalue weighted by Gasteiger charge is 2.43. The number of carboxylic acids is 1. The minimum atomic E-state index is -0.693. The zero-order chi connectivity index (χ0) is 14.8. The molecule has 2 heterocycles. The van der Waals surface area contributed by atoms with Gasteiger partial charge in [-0.2, -0.15) is 0 Å². The molecule has 2 saturated heterocycles. The molecule has 3 fully saturated rings. The first kappa shape index (κ1) is 14.9. The Hall–Kier alpha value is -1.06. The standard InChI is InChI=1S/C17H27NO3/c19-16(10-12-4-2-1-3-5-12)18-14-6-7-15(18)9-13(8-14)11-17(20)21/h12-15H,1-11H2,(H,20,21). The Bertz CT molecular complexity index is 389. The molecule has 0 aromatic rings. The average molecular weight is 293 g/mol. The van der Waals surface area contributed by atoms with Crippen LogP contribution in [0, 0.1) is 11.8 Å². The molecule has 1 N–H and O–H groups in total. The number of amides is 1. The van der Waals surface area contributed by atoms with Gasteiger partial charge >= 0.3 is 5.97 Å². The Morgan fingerprint density at radius 1 is 0.857 bits per heavy atom. The molecule has 3 rings (SSSR count). The zero-order valence-corrected chi connectivity index (χ0v) is 12.8. The van der Waals surface area contributed by atoms with Crippen molar-refractivity contribution in [3.63, 3.8) is 0 Å². The summed E-state index contributed by atoms with van der Waals surface area (Å²) < 4.78 is 0. The van der Waals surface area contributed by atoms with Crippen LogP contribution in [-0.2, 0) is 9.59 Å². The van der Waals surface area contributed by atoms with E-state index in [0.717, 1.165) is 32.1 Å². The number of aliphatic carboxylic acids is 1. The summed E-state index contributed by atoms with van der Waals surface area (Å²) in [4.78, 5) is 25.7. The van der Waals surface area contributed by atoms with Crippen LogP contribution in [0.4, 0.5) is 0 Å². The monoisotopic (exact) mass is 293 g/mol. The second-order valence-electron chi connectivity index (χ2n) is 7.33. The molecule has 0 spiro atoms. The SMILES string of the molecule is O=C(O)CC1CC2CCC(C1)N2C(=O)CC1CCCCC1. The molecule has 1 amide bonds. The van der Waals surface area contributed by atoms with E-state index in [9.17, 15) is 9.59 Å². The van der Waals surface area contributed by atoms with Crippen LogP contribution in [0.3, 0.4) is 0 Å². The predicted molar refractivity (Wildman–Crippen MR) is 79.8 cm³/mol. The quantitative estimate of drug-likeness (QED) is 0.866. The molecule has 3 aliphatic rings. The highest BCUT2D eigenvalue weighted by Crippen LogP contribution is 2.41. The van der Waals surface area contributed by atoms with E-state index < -0.39 is 5.97 Å². The lowest BCUT2D eigenvalue weighted by atomic mass is 9.85. The number of carbonyl (C=O) groups excluding carboxylic acids is 1. The Morgan fingerprint density at radius 2 is 1.48 bits per heavy atom. The molecule has 0 aromatic carbocycles. The van der Waals surface area contributed by atoms with Crippen LogP contribution >= 0.6 is 0 Å². The number of hydrogen-bond donors (Lipinski definition) is 1. The summed E-state index contributed by atoms with van der Waals surface area (Å²) in [6.07, 6.45) is 11.3. The Labute approximate surface area is 126 Å². The summed E-state index contributed by atoms with van der Waals surface area (Å²) in [6.45, 7) is 0. The van der Waals surface area contributed by atoms with Crippen molar-refractivity contribution in [1.82, 2.24) is 4.90 Å². The number of carboxylic acid groups (broad SMARTS) is 1. The van der Waals surface area contributed by atoms with Crippen LogP contribution in [0.2, 0.25) is 0 Å². The molecule has 21 heavy (non-hydrogen) atoms. The third-order valence-electron chi connectivity index (χ3n) is 5.77. The topological polar surface area (TPSA) is 57.6 Å². The first-order valence-electron chi connectivity index (χ1n) is 8.66. The summed E-state index contributed by atoms with van der Waals surface area (Å²) in [6, 6.07) is 0.647. The highest BCUT2D eigenvalue weighted by atomic mass is 16.4. The average Bonchev–Trinajstić information content (AvgIpc) is 2.71. The predicted octanol–water partition coefficient (Wildman–Crippen LogP) is 3.20. The smallest absolute Gasteiger partial charge is 0.303 e. The molecule has 1 saturated carbocycles. The van der Waals surface area contributed by atoms with Crippen molar-refractivity contribution in [1.29, 1.82) is 0 Å². The number of hydrogen-bond acceptors (Lipinski definition) is 2. The third kappa shape index (κ3) is 3.41. The summed E-state index contributed by atoms with van der Waals surface area (Å²) in [5, 5.41) is 8.97. The summed E-state index contributed by atoms with van der Waals surface area (Å²) in [7, 11) is 0. The zero-order valence-electron chi connectivity index (χ0n) is 12.8. The van der Waals surface area contributed by atoms with Crippen molar-refractivity contribution in [2.75, 3.05) is 0 Å². The van der Waals surface area contributed by atoms with E-state index in [0.29, 0.717) is 23.9 Å². The van der Waals surface area contributed by atoms with E-state index in [4.69, 9.17) is 5.11 Å². The van der Waals surface area contributed by atoms with Crippen LogP contribution in [-0.4, -0.2) is 34.0 Å². The van der Waals surface area contributed by atoms with Crippen molar-refractivity contribution < 1.29 is 14.7 Å². The van der Waals surface area contributed by atoms with Gasteiger partial charge in [0.1, 0.15) is 0 Å². The lowest BCUT2D eigenvalue weighted by molar-refractivity contribution is -0.140. The molecule has 4 heteroatoms. The van der Waals surface area contributed by atoms with Crippen LogP contribution < -0.4 is 0 Å². The second kappa shape index (κ2) is 6.37. The molecular weight excluding hydrogens is 266 g/mol. The van der Waals surface area contributed by atoms with Gasteiger partial charge in [0.25, 0.3) is 0 Å². The maximum atomic E-state index is 12.7. The summed E-state index contributed by atoms with van der Waals surface area (Å²) in [5.74, 6) is 0.533. The van der Waals surface area contributed by atoms with Crippen molar-refractivity contribution >= 4 is 11.9 Å². The van der Waals surface area contributed by atoms with E-state index in [1.54, 1.807) is 0 Å². The minimum Gasteiger partial charge on any atom is -0.481 e. The largest absolute Gasteiger partial charge is 0.481 e. The molecule has 2 aliphatic heterocycles. The molecule has 0 aromatic heterocycles. The highest BCUT2D eigenvalue weighted by molar-refractivity contribution is 5.77. The van der Waals surface area contributed by atoms with E-state index in [1.807, 2.05) is 0 Å². The number of nitrogens with zero attached hydrogens (tertiary/aromatic N) is 1. The molecule has 2 bridgehead atoms. The first-order valence-corrected chi connectivity index (χ1v) is 8.66. The number of piperidine rings is 1. The van der Waals surface area contributed by atoms with Crippen molar-refractivity contribution in [3.05, 3.63) is 0 Å². The van der Waals surface area contributed by atoms with Gasteiger partial charge in [0.05, 0.1) is 0 Å². The lowest BCUT2D eigenvalue weighted by Gasteiger charge is -2.39. The third-order valence-corrected chi connectivity index (χ3v) is 5.77. The van der Waals surface area contributed by atoms with E-state index in [1.165, 1.54) is 32.1 Å². The van der Waals surface area contributed by atoms with Gasteiger partial charge in [-0.25, -0.2) is 0 Å². The van der Waals surface area contributed by atoms with Gasteiger partial charge < -0.3 is 10.0 Å². The lowest BCUT2D eigenvalue weighted by Crippen LogP contribution is -2.47. The molecule has 2 unspecified atom stereocenters. The number of carbonyl (C=O) groups is 2. The van der Waals surface area contributed by atoms with Gasteiger partial charge in [-0.1, -0.05) is 19.3 Å². The molecule has 4 nitrogen and oxygen atoms in total. The fourth-order valence-corrected chi connectivity index (χ4v) is 4.85. The van der Waals surface area contributed by atoms with Gasteiger partial charge in [0.15, 0.2) is 0 Å². The van der Waals surface area contributed by atoms with E-state index >= 15 is 0 Å². The van der Waals surface area contributed by atoms with E-state index in [-0.39, 0.29) is 12.3 Å². The van der Waals surface area contributed by atoms with Crippen LogP contribution in [0.1, 0.15) is 70.6 Å². The normalized spacial score (nSPS) is 33.1. The van der Waals surface area contributed by atoms with Gasteiger partial charge in [-0.3, -0.25) is 9.59 Å². The van der Waals surface area contributed by atoms with E-state index in [2.05, 4.69) is 4.90 Å². The van der Waals surface area contributed by atoms with Crippen LogP contribution in [0.15, 0.2) is 0 Å². The molecule has 1 aliphatic carbocycles. The summed E-state index contributed by atoms with van der Waals surface area (Å²) >= 11 is 0. The maximum absolute atomic E-state index is 12.7. The van der Waals surface area contributed by atoms with Crippen LogP contribution in [0.5, 0.6) is 0 Å². The molecule has 118 valence electrons. The number of rotatable bonds is 4. The fraction of sp³-hybridized carbons (Fsp3) is 0.882. The Balaban J connectivity index is 1.56. The fourth-order valence-electron chi connectivity index (χ4n) is 4.85. The van der Waals surface area contributed by atoms with Crippen molar-refractivity contribution in [3.8, 4) is 0 Å². The van der Waals surface area contributed by atoms with Gasteiger partial charge in [0.2, 0.25) is 5.91 Å². The van der Waals surface area contributed by atoms with Gasteiger partial charge in [0, 0.05) is 24.9 Å². The maximum Gasteiger partial charge on any atom is 0.303 e. The Morgan fingerprint density at radius 3 is 2.05 bits per heavy atom. The molecule has 0 radical (unpaired) electrons. The molecular formula is C17H27NO3. The van der Waals surface area contributed by atoms with Crippen LogP contribution in [0.25, 0.3) is 0 Å². The Kier molecular flexibility index (Phi) is 4.51.